The van der Waals surface area contributed by atoms with Gasteiger partial charge in [-0.3, -0.25) is 4.79 Å². The third kappa shape index (κ3) is 3.37. The molecule has 2 aromatic carbocycles. The van der Waals surface area contributed by atoms with Crippen molar-refractivity contribution in [3.05, 3.63) is 64.4 Å². The standard InChI is InChI=1S/C19H17ClFNO3/c1-11-9-13-5-3-4-6-17(13)22(11)18(23)12(2)25-19(24)15-8-7-14(21)10-16(15)20/h3-8,10-12H,9H2,1-2H3/t11-,12-/m1/s1. The van der Waals surface area contributed by atoms with Crippen LogP contribution in [0.4, 0.5) is 10.1 Å². The summed E-state index contributed by atoms with van der Waals surface area (Å²) in [5.74, 6) is -1.61. The molecule has 0 aromatic heterocycles. The van der Waals surface area contributed by atoms with Crippen molar-refractivity contribution in [2.24, 2.45) is 0 Å². The first-order valence-electron chi connectivity index (χ1n) is 7.95. The van der Waals surface area contributed by atoms with E-state index in [0.29, 0.717) is 0 Å². The zero-order valence-corrected chi connectivity index (χ0v) is 14.6. The van der Waals surface area contributed by atoms with Crippen molar-refractivity contribution in [2.45, 2.75) is 32.4 Å². The fourth-order valence-electron chi connectivity index (χ4n) is 3.03. The number of rotatable bonds is 3. The summed E-state index contributed by atoms with van der Waals surface area (Å²) in [5, 5.41) is -0.0514. The first kappa shape index (κ1) is 17.4. The van der Waals surface area contributed by atoms with Crippen LogP contribution in [-0.2, 0) is 16.0 Å². The van der Waals surface area contributed by atoms with Gasteiger partial charge in [0.05, 0.1) is 10.6 Å². The number of fused-ring (bicyclic) bond motifs is 1. The topological polar surface area (TPSA) is 46.6 Å². The molecule has 1 aliphatic heterocycles. The van der Waals surface area contributed by atoms with Gasteiger partial charge in [0.25, 0.3) is 5.91 Å². The van der Waals surface area contributed by atoms with E-state index in [1.54, 1.807) is 4.90 Å². The van der Waals surface area contributed by atoms with E-state index in [-0.39, 0.29) is 22.5 Å². The van der Waals surface area contributed by atoms with Gasteiger partial charge in [-0.05, 0) is 50.1 Å². The van der Waals surface area contributed by atoms with Crippen LogP contribution in [0.15, 0.2) is 42.5 Å². The number of nitrogens with zero attached hydrogens (tertiary/aromatic N) is 1. The van der Waals surface area contributed by atoms with E-state index in [1.165, 1.54) is 13.0 Å². The molecule has 0 unspecified atom stereocenters. The van der Waals surface area contributed by atoms with Crippen molar-refractivity contribution in [3.63, 3.8) is 0 Å². The maximum atomic E-state index is 13.1. The van der Waals surface area contributed by atoms with E-state index in [9.17, 15) is 14.0 Å². The van der Waals surface area contributed by atoms with Gasteiger partial charge >= 0.3 is 5.97 Å². The Labute approximate surface area is 150 Å². The summed E-state index contributed by atoms with van der Waals surface area (Å²) in [5.41, 5.74) is 1.95. The van der Waals surface area contributed by atoms with Crippen LogP contribution in [0.5, 0.6) is 0 Å². The van der Waals surface area contributed by atoms with Crippen LogP contribution >= 0.6 is 11.6 Å². The van der Waals surface area contributed by atoms with Crippen molar-refractivity contribution in [3.8, 4) is 0 Å². The van der Waals surface area contributed by atoms with Crippen LogP contribution in [-0.4, -0.2) is 24.0 Å². The Morgan fingerprint density at radius 3 is 2.72 bits per heavy atom. The first-order valence-corrected chi connectivity index (χ1v) is 8.33. The number of anilines is 1. The van der Waals surface area contributed by atoms with Gasteiger partial charge in [0.15, 0.2) is 6.10 Å². The molecule has 0 bridgehead atoms. The van der Waals surface area contributed by atoms with Crippen molar-refractivity contribution in [2.75, 3.05) is 4.90 Å². The van der Waals surface area contributed by atoms with Gasteiger partial charge in [-0.2, -0.15) is 0 Å². The molecule has 1 amide bonds. The second kappa shape index (κ2) is 6.84. The Kier molecular flexibility index (Phi) is 4.77. The van der Waals surface area contributed by atoms with Crippen molar-refractivity contribution < 1.29 is 18.7 Å². The Bertz CT molecular complexity index is 839. The highest BCUT2D eigenvalue weighted by Gasteiger charge is 2.34. The lowest BCUT2D eigenvalue weighted by Gasteiger charge is -2.26. The van der Waals surface area contributed by atoms with Gasteiger partial charge in [-0.15, -0.1) is 0 Å². The second-order valence-electron chi connectivity index (χ2n) is 6.06. The summed E-state index contributed by atoms with van der Waals surface area (Å²) in [6, 6.07) is 11.0. The maximum Gasteiger partial charge on any atom is 0.340 e. The highest BCUT2D eigenvalue weighted by Crippen LogP contribution is 2.32. The van der Waals surface area contributed by atoms with Crippen LogP contribution < -0.4 is 4.90 Å². The summed E-state index contributed by atoms with van der Waals surface area (Å²) in [6.07, 6.45) is -0.228. The molecule has 1 heterocycles. The number of carbonyl (C=O) groups excluding carboxylic acids is 2. The van der Waals surface area contributed by atoms with E-state index < -0.39 is 17.9 Å². The average Bonchev–Trinajstić information content (AvgIpc) is 2.89. The summed E-state index contributed by atoms with van der Waals surface area (Å²) in [6.45, 7) is 3.47. The number of ether oxygens (including phenoxy) is 1. The fourth-order valence-corrected chi connectivity index (χ4v) is 3.27. The molecule has 4 nitrogen and oxygen atoms in total. The molecule has 1 aliphatic rings. The number of benzene rings is 2. The molecular formula is C19H17ClFNO3. The molecule has 130 valence electrons. The molecule has 0 fully saturated rings. The highest BCUT2D eigenvalue weighted by molar-refractivity contribution is 6.33. The highest BCUT2D eigenvalue weighted by atomic mass is 35.5. The van der Waals surface area contributed by atoms with Crippen LogP contribution in [0, 0.1) is 5.82 Å². The van der Waals surface area contributed by atoms with E-state index in [0.717, 1.165) is 29.8 Å². The minimum Gasteiger partial charge on any atom is -0.449 e. The average molecular weight is 362 g/mol. The van der Waals surface area contributed by atoms with Gasteiger partial charge in [0.1, 0.15) is 5.82 Å². The number of hydrogen-bond acceptors (Lipinski definition) is 3. The predicted molar refractivity (Wildman–Crippen MR) is 93.4 cm³/mol. The lowest BCUT2D eigenvalue weighted by molar-refractivity contribution is -0.126. The number of esters is 1. The molecule has 0 saturated heterocycles. The largest absolute Gasteiger partial charge is 0.449 e. The Morgan fingerprint density at radius 2 is 2.00 bits per heavy atom. The minimum atomic E-state index is -0.984. The van der Waals surface area contributed by atoms with Crippen LogP contribution in [0.1, 0.15) is 29.8 Å². The molecule has 0 aliphatic carbocycles. The van der Waals surface area contributed by atoms with Gasteiger partial charge in [0, 0.05) is 11.7 Å². The molecule has 25 heavy (non-hydrogen) atoms. The van der Waals surface area contributed by atoms with Crippen molar-refractivity contribution in [1.82, 2.24) is 0 Å². The lowest BCUT2D eigenvalue weighted by atomic mass is 10.1. The maximum absolute atomic E-state index is 13.1. The molecule has 2 atom stereocenters. The van der Waals surface area contributed by atoms with Gasteiger partial charge in [0.2, 0.25) is 0 Å². The van der Waals surface area contributed by atoms with E-state index in [1.807, 2.05) is 31.2 Å². The number of amides is 1. The van der Waals surface area contributed by atoms with E-state index >= 15 is 0 Å². The van der Waals surface area contributed by atoms with Crippen LogP contribution in [0.2, 0.25) is 5.02 Å². The van der Waals surface area contributed by atoms with Gasteiger partial charge in [-0.25, -0.2) is 9.18 Å². The number of halogens is 2. The molecule has 2 aromatic rings. The minimum absolute atomic E-state index is 0.0135. The monoisotopic (exact) mass is 361 g/mol. The zero-order chi connectivity index (χ0) is 18.1. The molecule has 6 heteroatoms. The van der Waals surface area contributed by atoms with Crippen molar-refractivity contribution in [1.29, 1.82) is 0 Å². The molecule has 0 saturated carbocycles. The summed E-state index contributed by atoms with van der Waals surface area (Å²) < 4.78 is 18.4. The smallest absolute Gasteiger partial charge is 0.340 e. The zero-order valence-electron chi connectivity index (χ0n) is 13.8. The molecule has 0 radical (unpaired) electrons. The SMILES string of the molecule is C[C@@H]1Cc2ccccc2N1C(=O)[C@@H](C)OC(=O)c1ccc(F)cc1Cl. The van der Waals surface area contributed by atoms with E-state index in [2.05, 4.69) is 0 Å². The third-order valence-corrected chi connectivity index (χ3v) is 4.54. The summed E-state index contributed by atoms with van der Waals surface area (Å²) >= 11 is 5.87. The Morgan fingerprint density at radius 1 is 1.28 bits per heavy atom. The van der Waals surface area contributed by atoms with E-state index in [4.69, 9.17) is 16.3 Å². The summed E-state index contributed by atoms with van der Waals surface area (Å²) in [7, 11) is 0. The predicted octanol–water partition coefficient (Wildman–Crippen LogP) is 4.00. The Hall–Kier alpha value is -2.40. The quantitative estimate of drug-likeness (QED) is 0.776. The first-order chi connectivity index (χ1) is 11.9. The van der Waals surface area contributed by atoms with Crippen LogP contribution in [0.25, 0.3) is 0 Å². The number of carbonyl (C=O) groups is 2. The third-order valence-electron chi connectivity index (χ3n) is 4.23. The Balaban J connectivity index is 1.76. The van der Waals surface area contributed by atoms with Gasteiger partial charge in [-0.1, -0.05) is 29.8 Å². The normalized spacial score (nSPS) is 17.1. The van der Waals surface area contributed by atoms with Gasteiger partial charge < -0.3 is 9.64 Å². The second-order valence-corrected chi connectivity index (χ2v) is 6.47. The number of hydrogen-bond donors (Lipinski definition) is 0. The molecule has 0 N–H and O–H groups in total. The van der Waals surface area contributed by atoms with Crippen molar-refractivity contribution >= 4 is 29.2 Å². The molecule has 0 spiro atoms. The molecular weight excluding hydrogens is 345 g/mol. The lowest BCUT2D eigenvalue weighted by Crippen LogP contribution is -2.43. The van der Waals surface area contributed by atoms with Crippen LogP contribution in [0.3, 0.4) is 0 Å². The number of para-hydroxylation sites is 1. The summed E-state index contributed by atoms with van der Waals surface area (Å²) in [4.78, 5) is 26.7. The fraction of sp³-hybridized carbons (Fsp3) is 0.263. The molecule has 3 rings (SSSR count).